The molecular weight excluding hydrogens is 340 g/mol. The molecule has 0 aliphatic carbocycles. The van der Waals surface area contributed by atoms with Gasteiger partial charge in [-0.2, -0.15) is 5.10 Å². The van der Waals surface area contributed by atoms with Crippen molar-refractivity contribution in [1.29, 1.82) is 0 Å². The standard InChI is InChI=1S/C16H20N6O2S/c1-10-4-5-14(25-10)12-8-13(20-19-12)16(23)18-11(2)15-21-17-9-22(15)6-7-24-3/h4-5,8-9,11H,6-7H2,1-3H3,(H,18,23)(H,19,20)/t11-/m0/s1. The van der Waals surface area contributed by atoms with Crippen molar-refractivity contribution in [3.63, 3.8) is 0 Å². The fourth-order valence-corrected chi connectivity index (χ4v) is 3.27. The van der Waals surface area contributed by atoms with Crippen molar-refractivity contribution in [3.8, 4) is 10.6 Å². The summed E-state index contributed by atoms with van der Waals surface area (Å²) in [6.45, 7) is 5.08. The molecule has 132 valence electrons. The monoisotopic (exact) mass is 360 g/mol. The number of aromatic amines is 1. The predicted octanol–water partition coefficient (Wildman–Crippen LogP) is 2.18. The van der Waals surface area contributed by atoms with Gasteiger partial charge in [0.15, 0.2) is 11.5 Å². The van der Waals surface area contributed by atoms with Crippen LogP contribution in [0, 0.1) is 6.92 Å². The fourth-order valence-electron chi connectivity index (χ4n) is 2.44. The molecular formula is C16H20N6O2S. The number of thiophene rings is 1. The Labute approximate surface area is 149 Å². The third-order valence-electron chi connectivity index (χ3n) is 3.73. The molecule has 0 fully saturated rings. The first-order valence-electron chi connectivity index (χ1n) is 7.88. The van der Waals surface area contributed by atoms with E-state index in [1.165, 1.54) is 4.88 Å². The number of carbonyl (C=O) groups is 1. The number of rotatable bonds is 7. The van der Waals surface area contributed by atoms with Gasteiger partial charge in [0.05, 0.1) is 23.2 Å². The van der Waals surface area contributed by atoms with E-state index in [4.69, 9.17) is 4.74 Å². The highest BCUT2D eigenvalue weighted by Crippen LogP contribution is 2.26. The van der Waals surface area contributed by atoms with Crippen molar-refractivity contribution in [2.24, 2.45) is 0 Å². The molecule has 0 spiro atoms. The minimum Gasteiger partial charge on any atom is -0.383 e. The lowest BCUT2D eigenvalue weighted by atomic mass is 10.2. The van der Waals surface area contributed by atoms with Gasteiger partial charge in [0.25, 0.3) is 5.91 Å². The Kier molecular flexibility index (Phi) is 5.25. The van der Waals surface area contributed by atoms with E-state index in [0.29, 0.717) is 24.7 Å². The number of aromatic nitrogens is 5. The summed E-state index contributed by atoms with van der Waals surface area (Å²) in [6.07, 6.45) is 1.63. The summed E-state index contributed by atoms with van der Waals surface area (Å²) in [7, 11) is 1.64. The van der Waals surface area contributed by atoms with E-state index < -0.39 is 0 Å². The van der Waals surface area contributed by atoms with Crippen LogP contribution in [0.15, 0.2) is 24.5 Å². The van der Waals surface area contributed by atoms with Gasteiger partial charge in [-0.1, -0.05) is 0 Å². The van der Waals surface area contributed by atoms with Crippen LogP contribution < -0.4 is 5.32 Å². The Hall–Kier alpha value is -2.52. The van der Waals surface area contributed by atoms with Crippen LogP contribution in [0.2, 0.25) is 0 Å². The van der Waals surface area contributed by atoms with Crippen LogP contribution in [-0.4, -0.2) is 44.6 Å². The van der Waals surface area contributed by atoms with Crippen molar-refractivity contribution >= 4 is 17.2 Å². The number of H-pyrrole nitrogens is 1. The zero-order valence-corrected chi connectivity index (χ0v) is 15.1. The lowest BCUT2D eigenvalue weighted by Gasteiger charge is -2.13. The molecule has 3 rings (SSSR count). The van der Waals surface area contributed by atoms with E-state index >= 15 is 0 Å². The van der Waals surface area contributed by atoms with E-state index in [2.05, 4.69) is 25.7 Å². The highest BCUT2D eigenvalue weighted by atomic mass is 32.1. The summed E-state index contributed by atoms with van der Waals surface area (Å²) in [5, 5.41) is 17.9. The average molecular weight is 360 g/mol. The molecule has 1 atom stereocenters. The highest BCUT2D eigenvalue weighted by Gasteiger charge is 2.19. The van der Waals surface area contributed by atoms with Crippen LogP contribution in [0.4, 0.5) is 0 Å². The summed E-state index contributed by atoms with van der Waals surface area (Å²) < 4.78 is 6.93. The molecule has 25 heavy (non-hydrogen) atoms. The Morgan fingerprint density at radius 3 is 3.04 bits per heavy atom. The zero-order chi connectivity index (χ0) is 17.8. The lowest BCUT2D eigenvalue weighted by Crippen LogP contribution is -2.29. The van der Waals surface area contributed by atoms with Crippen molar-refractivity contribution in [1.82, 2.24) is 30.3 Å². The van der Waals surface area contributed by atoms with Crippen LogP contribution in [-0.2, 0) is 11.3 Å². The minimum absolute atomic E-state index is 0.260. The maximum Gasteiger partial charge on any atom is 0.272 e. The molecule has 9 heteroatoms. The molecule has 0 aliphatic rings. The largest absolute Gasteiger partial charge is 0.383 e. The molecule has 0 saturated heterocycles. The quantitative estimate of drug-likeness (QED) is 0.673. The molecule has 0 aliphatic heterocycles. The Balaban J connectivity index is 1.68. The smallest absolute Gasteiger partial charge is 0.272 e. The summed E-state index contributed by atoms with van der Waals surface area (Å²) in [5.74, 6) is 0.416. The Morgan fingerprint density at radius 1 is 1.48 bits per heavy atom. The summed E-state index contributed by atoms with van der Waals surface area (Å²) in [6, 6.07) is 5.50. The van der Waals surface area contributed by atoms with Crippen molar-refractivity contribution < 1.29 is 9.53 Å². The van der Waals surface area contributed by atoms with E-state index in [-0.39, 0.29) is 11.9 Å². The number of aryl methyl sites for hydroxylation is 1. The number of hydrogen-bond donors (Lipinski definition) is 2. The summed E-state index contributed by atoms with van der Waals surface area (Å²) >= 11 is 1.65. The Morgan fingerprint density at radius 2 is 2.32 bits per heavy atom. The number of ether oxygens (including phenoxy) is 1. The number of carbonyl (C=O) groups excluding carboxylic acids is 1. The number of nitrogens with one attached hydrogen (secondary N) is 2. The third kappa shape index (κ3) is 3.94. The first-order chi connectivity index (χ1) is 12.1. The van der Waals surface area contributed by atoms with Crippen LogP contribution in [0.5, 0.6) is 0 Å². The van der Waals surface area contributed by atoms with Crippen LogP contribution in [0.3, 0.4) is 0 Å². The van der Waals surface area contributed by atoms with Gasteiger partial charge in [0.1, 0.15) is 6.33 Å². The number of methoxy groups -OCH3 is 1. The van der Waals surface area contributed by atoms with Gasteiger partial charge in [0.2, 0.25) is 0 Å². The molecule has 0 saturated carbocycles. The van der Waals surface area contributed by atoms with E-state index in [0.717, 1.165) is 10.6 Å². The molecule has 3 aromatic rings. The zero-order valence-electron chi connectivity index (χ0n) is 14.3. The third-order valence-corrected chi connectivity index (χ3v) is 4.77. The van der Waals surface area contributed by atoms with E-state index in [9.17, 15) is 4.79 Å². The van der Waals surface area contributed by atoms with Crippen molar-refractivity contribution in [3.05, 3.63) is 40.9 Å². The summed E-state index contributed by atoms with van der Waals surface area (Å²) in [4.78, 5) is 14.7. The first kappa shape index (κ1) is 17.3. The normalized spacial score (nSPS) is 12.3. The number of amides is 1. The van der Waals surface area contributed by atoms with Gasteiger partial charge in [0, 0.05) is 18.5 Å². The van der Waals surface area contributed by atoms with Crippen molar-refractivity contribution in [2.45, 2.75) is 26.4 Å². The molecule has 8 nitrogen and oxygen atoms in total. The van der Waals surface area contributed by atoms with Crippen LogP contribution in [0.1, 0.15) is 34.2 Å². The molecule has 1 amide bonds. The van der Waals surface area contributed by atoms with Gasteiger partial charge in [-0.3, -0.25) is 9.89 Å². The predicted molar refractivity (Wildman–Crippen MR) is 94.4 cm³/mol. The minimum atomic E-state index is -0.295. The second-order valence-electron chi connectivity index (χ2n) is 5.65. The van der Waals surface area contributed by atoms with Crippen LogP contribution >= 0.6 is 11.3 Å². The van der Waals surface area contributed by atoms with Gasteiger partial charge in [-0.05, 0) is 32.0 Å². The van der Waals surface area contributed by atoms with Crippen LogP contribution in [0.25, 0.3) is 10.6 Å². The molecule has 3 heterocycles. The van der Waals surface area contributed by atoms with Crippen molar-refractivity contribution in [2.75, 3.05) is 13.7 Å². The second-order valence-corrected chi connectivity index (χ2v) is 6.94. The number of nitrogens with zero attached hydrogens (tertiary/aromatic N) is 4. The highest BCUT2D eigenvalue weighted by molar-refractivity contribution is 7.15. The number of hydrogen-bond acceptors (Lipinski definition) is 6. The molecule has 0 bridgehead atoms. The lowest BCUT2D eigenvalue weighted by molar-refractivity contribution is 0.0932. The molecule has 0 radical (unpaired) electrons. The first-order valence-corrected chi connectivity index (χ1v) is 8.70. The van der Waals surface area contributed by atoms with E-state index in [1.54, 1.807) is 30.8 Å². The topological polar surface area (TPSA) is 97.7 Å². The van der Waals surface area contributed by atoms with Gasteiger partial charge in [-0.25, -0.2) is 0 Å². The van der Waals surface area contributed by atoms with Gasteiger partial charge < -0.3 is 14.6 Å². The molecule has 2 N–H and O–H groups in total. The molecule has 3 aromatic heterocycles. The molecule has 0 unspecified atom stereocenters. The maximum absolute atomic E-state index is 12.5. The SMILES string of the molecule is COCCn1cnnc1[C@H](C)NC(=O)c1cc(-c2ccc(C)s2)[nH]n1. The van der Waals surface area contributed by atoms with E-state index in [1.807, 2.05) is 30.5 Å². The molecule has 0 aromatic carbocycles. The Bertz CT molecular complexity index is 852. The maximum atomic E-state index is 12.5. The second kappa shape index (κ2) is 7.58. The summed E-state index contributed by atoms with van der Waals surface area (Å²) in [5.41, 5.74) is 1.18. The van der Waals surface area contributed by atoms with Gasteiger partial charge >= 0.3 is 0 Å². The van der Waals surface area contributed by atoms with Gasteiger partial charge in [-0.15, -0.1) is 21.5 Å². The average Bonchev–Trinajstić information content (AvgIpc) is 3.32. The fraction of sp³-hybridized carbons (Fsp3) is 0.375.